The summed E-state index contributed by atoms with van der Waals surface area (Å²) in [7, 11) is 0. The molecule has 1 aliphatic rings. The van der Waals surface area contributed by atoms with E-state index in [1.54, 1.807) is 13.0 Å². The Bertz CT molecular complexity index is 739. The SMILES string of the molecule is Cc1c(C(=O)O)n(C2CCCC2)c2ccccc2c1=O. The van der Waals surface area contributed by atoms with Gasteiger partial charge in [-0.15, -0.1) is 0 Å². The van der Waals surface area contributed by atoms with Gasteiger partial charge in [0.1, 0.15) is 5.69 Å². The smallest absolute Gasteiger partial charge is 0.352 e. The van der Waals surface area contributed by atoms with Crippen molar-refractivity contribution in [2.24, 2.45) is 0 Å². The number of carboxylic acid groups (broad SMARTS) is 1. The van der Waals surface area contributed by atoms with E-state index < -0.39 is 5.97 Å². The van der Waals surface area contributed by atoms with Crippen LogP contribution in [0.3, 0.4) is 0 Å². The molecule has 1 heterocycles. The zero-order valence-corrected chi connectivity index (χ0v) is 11.4. The van der Waals surface area contributed by atoms with Gasteiger partial charge in [0.15, 0.2) is 5.43 Å². The number of hydrogen-bond donors (Lipinski definition) is 1. The Labute approximate surface area is 116 Å². The quantitative estimate of drug-likeness (QED) is 0.913. The molecule has 1 aliphatic carbocycles. The van der Waals surface area contributed by atoms with Gasteiger partial charge >= 0.3 is 5.97 Å². The van der Waals surface area contributed by atoms with E-state index in [0.717, 1.165) is 31.2 Å². The van der Waals surface area contributed by atoms with Crippen LogP contribution in [0.2, 0.25) is 0 Å². The minimum Gasteiger partial charge on any atom is -0.477 e. The minimum absolute atomic E-state index is 0.153. The second-order valence-electron chi connectivity index (χ2n) is 5.43. The molecule has 4 nitrogen and oxygen atoms in total. The molecule has 0 spiro atoms. The van der Waals surface area contributed by atoms with Gasteiger partial charge in [-0.2, -0.15) is 0 Å². The van der Waals surface area contributed by atoms with E-state index >= 15 is 0 Å². The molecule has 0 aliphatic heterocycles. The average Bonchev–Trinajstić information content (AvgIpc) is 2.96. The summed E-state index contributed by atoms with van der Waals surface area (Å²) in [5.74, 6) is -1.02. The third kappa shape index (κ3) is 1.83. The summed E-state index contributed by atoms with van der Waals surface area (Å²) in [6.45, 7) is 1.61. The predicted octanol–water partition coefficient (Wildman–Crippen LogP) is 3.12. The van der Waals surface area contributed by atoms with E-state index in [2.05, 4.69) is 0 Å². The number of nitrogens with zero attached hydrogens (tertiary/aromatic N) is 1. The van der Waals surface area contributed by atoms with Crippen LogP contribution in [0.15, 0.2) is 29.1 Å². The lowest BCUT2D eigenvalue weighted by atomic mass is 10.1. The monoisotopic (exact) mass is 271 g/mol. The molecular weight excluding hydrogens is 254 g/mol. The van der Waals surface area contributed by atoms with Crippen LogP contribution in [-0.4, -0.2) is 15.6 Å². The lowest BCUT2D eigenvalue weighted by Gasteiger charge is -2.22. The zero-order chi connectivity index (χ0) is 14.3. The molecule has 0 radical (unpaired) electrons. The second-order valence-corrected chi connectivity index (χ2v) is 5.43. The molecule has 1 saturated carbocycles. The Morgan fingerprint density at radius 1 is 1.25 bits per heavy atom. The number of carbonyl (C=O) groups is 1. The topological polar surface area (TPSA) is 59.3 Å². The van der Waals surface area contributed by atoms with Crippen molar-refractivity contribution in [3.8, 4) is 0 Å². The van der Waals surface area contributed by atoms with E-state index in [0.29, 0.717) is 10.9 Å². The first-order valence-electron chi connectivity index (χ1n) is 6.98. The Morgan fingerprint density at radius 2 is 1.90 bits per heavy atom. The van der Waals surface area contributed by atoms with Gasteiger partial charge in [-0.05, 0) is 31.9 Å². The Balaban J connectivity index is 2.44. The lowest BCUT2D eigenvalue weighted by molar-refractivity contribution is 0.0681. The van der Waals surface area contributed by atoms with E-state index in [1.165, 1.54) is 0 Å². The van der Waals surface area contributed by atoms with Crippen LogP contribution < -0.4 is 5.43 Å². The fraction of sp³-hybridized carbons (Fsp3) is 0.375. The first-order chi connectivity index (χ1) is 9.61. The van der Waals surface area contributed by atoms with Crippen molar-refractivity contribution >= 4 is 16.9 Å². The maximum absolute atomic E-state index is 12.3. The van der Waals surface area contributed by atoms with E-state index in [4.69, 9.17) is 0 Å². The number of hydrogen-bond acceptors (Lipinski definition) is 2. The highest BCUT2D eigenvalue weighted by Gasteiger charge is 2.26. The molecule has 2 aromatic rings. The third-order valence-corrected chi connectivity index (χ3v) is 4.24. The number of benzene rings is 1. The molecule has 0 atom stereocenters. The minimum atomic E-state index is -1.02. The van der Waals surface area contributed by atoms with Crippen molar-refractivity contribution < 1.29 is 9.90 Å². The van der Waals surface area contributed by atoms with Crippen LogP contribution in [0.4, 0.5) is 0 Å². The number of rotatable bonds is 2. The number of carboxylic acids is 1. The van der Waals surface area contributed by atoms with Gasteiger partial charge in [-0.25, -0.2) is 4.79 Å². The molecule has 0 bridgehead atoms. The van der Waals surface area contributed by atoms with Crippen LogP contribution in [0.1, 0.15) is 47.8 Å². The van der Waals surface area contributed by atoms with Crippen molar-refractivity contribution in [2.45, 2.75) is 38.6 Å². The number of pyridine rings is 1. The largest absolute Gasteiger partial charge is 0.477 e. The maximum Gasteiger partial charge on any atom is 0.352 e. The van der Waals surface area contributed by atoms with Crippen LogP contribution in [0.5, 0.6) is 0 Å². The molecule has 4 heteroatoms. The molecule has 104 valence electrons. The zero-order valence-electron chi connectivity index (χ0n) is 11.4. The van der Waals surface area contributed by atoms with Crippen LogP contribution in [0, 0.1) is 6.92 Å². The summed E-state index contributed by atoms with van der Waals surface area (Å²) in [6, 6.07) is 7.49. The lowest BCUT2D eigenvalue weighted by Crippen LogP contribution is -2.24. The first-order valence-corrected chi connectivity index (χ1v) is 6.98. The first kappa shape index (κ1) is 12.9. The molecular formula is C16H17NO3. The number of fused-ring (bicyclic) bond motifs is 1. The normalized spacial score (nSPS) is 15.8. The van der Waals surface area contributed by atoms with Crippen LogP contribution in [0.25, 0.3) is 10.9 Å². The Kier molecular flexibility index (Phi) is 3.08. The second kappa shape index (κ2) is 4.78. The molecule has 0 saturated heterocycles. The van der Waals surface area contributed by atoms with E-state index in [9.17, 15) is 14.7 Å². The van der Waals surface area contributed by atoms with Crippen molar-refractivity contribution in [2.75, 3.05) is 0 Å². The summed E-state index contributed by atoms with van der Waals surface area (Å²) >= 11 is 0. The molecule has 0 amide bonds. The highest BCUT2D eigenvalue weighted by atomic mass is 16.4. The summed E-state index contributed by atoms with van der Waals surface area (Å²) in [4.78, 5) is 24.0. The molecule has 1 aromatic carbocycles. The van der Waals surface area contributed by atoms with Crippen molar-refractivity contribution in [3.05, 3.63) is 45.7 Å². The van der Waals surface area contributed by atoms with Crippen molar-refractivity contribution in [3.63, 3.8) is 0 Å². The number of aromatic carboxylic acids is 1. The van der Waals surface area contributed by atoms with Gasteiger partial charge in [0.2, 0.25) is 0 Å². The molecule has 1 fully saturated rings. The maximum atomic E-state index is 12.3. The third-order valence-electron chi connectivity index (χ3n) is 4.24. The Hall–Kier alpha value is -2.10. The number of aromatic nitrogens is 1. The summed E-state index contributed by atoms with van der Waals surface area (Å²) < 4.78 is 1.88. The van der Waals surface area contributed by atoms with Gasteiger partial charge < -0.3 is 9.67 Å². The van der Waals surface area contributed by atoms with Crippen molar-refractivity contribution in [1.82, 2.24) is 4.57 Å². The number of para-hydroxylation sites is 1. The van der Waals surface area contributed by atoms with E-state index in [-0.39, 0.29) is 17.2 Å². The summed E-state index contributed by atoms with van der Waals surface area (Å²) in [6.07, 6.45) is 4.19. The fourth-order valence-corrected chi connectivity index (χ4v) is 3.29. The summed E-state index contributed by atoms with van der Waals surface area (Å²) in [5, 5.41) is 10.1. The average molecular weight is 271 g/mol. The Morgan fingerprint density at radius 3 is 2.55 bits per heavy atom. The standard InChI is InChI=1S/C16H17NO3/c1-10-14(16(19)20)17(11-6-2-3-7-11)13-9-5-4-8-12(13)15(10)18/h4-5,8-9,11H,2-3,6-7H2,1H3,(H,19,20). The molecule has 1 aromatic heterocycles. The van der Waals surface area contributed by atoms with Gasteiger partial charge in [-0.3, -0.25) is 4.79 Å². The molecule has 3 rings (SSSR count). The molecule has 0 unspecified atom stereocenters. The molecule has 20 heavy (non-hydrogen) atoms. The van der Waals surface area contributed by atoms with Crippen LogP contribution >= 0.6 is 0 Å². The van der Waals surface area contributed by atoms with Gasteiger partial charge in [0.25, 0.3) is 0 Å². The van der Waals surface area contributed by atoms with Gasteiger partial charge in [0, 0.05) is 17.0 Å². The molecule has 1 N–H and O–H groups in total. The van der Waals surface area contributed by atoms with Gasteiger partial charge in [0.05, 0.1) is 5.52 Å². The van der Waals surface area contributed by atoms with Gasteiger partial charge in [-0.1, -0.05) is 25.0 Å². The predicted molar refractivity (Wildman–Crippen MR) is 77.4 cm³/mol. The summed E-state index contributed by atoms with van der Waals surface area (Å²) in [5.41, 5.74) is 1.06. The fourth-order valence-electron chi connectivity index (χ4n) is 3.29. The van der Waals surface area contributed by atoms with Crippen LogP contribution in [-0.2, 0) is 0 Å². The highest BCUT2D eigenvalue weighted by Crippen LogP contribution is 2.33. The highest BCUT2D eigenvalue weighted by molar-refractivity contribution is 5.92. The van der Waals surface area contributed by atoms with Crippen molar-refractivity contribution in [1.29, 1.82) is 0 Å². The van der Waals surface area contributed by atoms with E-state index in [1.807, 2.05) is 22.8 Å².